The average molecular weight is 287 g/mol. The molecule has 1 N–H and O–H groups in total. The summed E-state index contributed by atoms with van der Waals surface area (Å²) in [5.41, 5.74) is 1.33. The molecule has 2 rings (SSSR count). The molecule has 108 valence electrons. The van der Waals surface area contributed by atoms with E-state index >= 15 is 0 Å². The molecule has 0 spiro atoms. The van der Waals surface area contributed by atoms with Crippen LogP contribution in [-0.4, -0.2) is 16.1 Å². The SMILES string of the molecule is CCc1c(-c2ccccc2)ccc(C(=O)OO)c1[N+](=O)[O-]. The lowest BCUT2D eigenvalue weighted by molar-refractivity contribution is -0.386. The lowest BCUT2D eigenvalue weighted by Gasteiger charge is -2.11. The third-order valence-electron chi connectivity index (χ3n) is 3.21. The van der Waals surface area contributed by atoms with Gasteiger partial charge in [0.25, 0.3) is 5.69 Å². The largest absolute Gasteiger partial charge is 0.379 e. The van der Waals surface area contributed by atoms with Gasteiger partial charge in [-0.05, 0) is 23.6 Å². The molecule has 0 heterocycles. The maximum absolute atomic E-state index is 11.5. The van der Waals surface area contributed by atoms with Gasteiger partial charge in [-0.25, -0.2) is 4.79 Å². The number of nitro benzene ring substituents is 1. The molecule has 0 unspecified atom stereocenters. The Morgan fingerprint density at radius 3 is 2.43 bits per heavy atom. The summed E-state index contributed by atoms with van der Waals surface area (Å²) in [6.45, 7) is 1.77. The molecule has 0 aliphatic rings. The van der Waals surface area contributed by atoms with E-state index in [9.17, 15) is 14.9 Å². The molecule has 0 aromatic heterocycles. The number of benzene rings is 2. The van der Waals surface area contributed by atoms with E-state index in [2.05, 4.69) is 4.89 Å². The van der Waals surface area contributed by atoms with Gasteiger partial charge in [0.2, 0.25) is 0 Å². The second kappa shape index (κ2) is 6.15. The summed E-state index contributed by atoms with van der Waals surface area (Å²) in [6.07, 6.45) is 0.368. The van der Waals surface area contributed by atoms with Gasteiger partial charge in [0.1, 0.15) is 5.56 Å². The molecule has 21 heavy (non-hydrogen) atoms. The summed E-state index contributed by atoms with van der Waals surface area (Å²) in [5, 5.41) is 19.8. The molecule has 0 atom stereocenters. The van der Waals surface area contributed by atoms with Crippen LogP contribution in [-0.2, 0) is 11.3 Å². The number of hydrogen-bond acceptors (Lipinski definition) is 5. The molecular formula is C15H13NO5. The van der Waals surface area contributed by atoms with Crippen LogP contribution in [0.5, 0.6) is 0 Å². The van der Waals surface area contributed by atoms with E-state index in [-0.39, 0.29) is 11.3 Å². The van der Waals surface area contributed by atoms with Crippen molar-refractivity contribution in [2.75, 3.05) is 0 Å². The molecule has 6 nitrogen and oxygen atoms in total. The van der Waals surface area contributed by atoms with Crippen molar-refractivity contribution in [1.82, 2.24) is 0 Å². The van der Waals surface area contributed by atoms with Crippen LogP contribution in [0.15, 0.2) is 42.5 Å². The maximum atomic E-state index is 11.5. The van der Waals surface area contributed by atoms with Crippen molar-refractivity contribution in [2.45, 2.75) is 13.3 Å². The lowest BCUT2D eigenvalue weighted by Crippen LogP contribution is -2.09. The second-order valence-corrected chi connectivity index (χ2v) is 4.34. The minimum absolute atomic E-state index is 0.265. The minimum atomic E-state index is -1.14. The highest BCUT2D eigenvalue weighted by molar-refractivity contribution is 5.95. The summed E-state index contributed by atoms with van der Waals surface area (Å²) in [6, 6.07) is 12.1. The Balaban J connectivity index is 2.73. The van der Waals surface area contributed by atoms with E-state index in [4.69, 9.17) is 5.26 Å². The van der Waals surface area contributed by atoms with Crippen LogP contribution >= 0.6 is 0 Å². The highest BCUT2D eigenvalue weighted by atomic mass is 17.1. The number of nitrogens with zero attached hydrogens (tertiary/aromatic N) is 1. The van der Waals surface area contributed by atoms with Gasteiger partial charge in [0.05, 0.1) is 4.92 Å². The average Bonchev–Trinajstić information content (AvgIpc) is 2.53. The van der Waals surface area contributed by atoms with E-state index in [0.29, 0.717) is 17.5 Å². The van der Waals surface area contributed by atoms with Gasteiger partial charge in [-0.15, -0.1) is 0 Å². The standard InChI is InChI=1S/C15H13NO5/c1-2-11-12(10-6-4-3-5-7-10)8-9-13(15(17)21-20)14(11)16(18)19/h3-9,20H,2H2,1H3. The molecular weight excluding hydrogens is 274 g/mol. The van der Waals surface area contributed by atoms with E-state index in [0.717, 1.165) is 5.56 Å². The lowest BCUT2D eigenvalue weighted by atomic mass is 9.94. The van der Waals surface area contributed by atoms with Crippen molar-refractivity contribution in [3.8, 4) is 11.1 Å². The van der Waals surface area contributed by atoms with Crippen molar-refractivity contribution in [1.29, 1.82) is 0 Å². The van der Waals surface area contributed by atoms with Crippen LogP contribution in [0, 0.1) is 10.1 Å². The third kappa shape index (κ3) is 2.75. The van der Waals surface area contributed by atoms with Crippen LogP contribution in [0.4, 0.5) is 5.69 Å². The minimum Gasteiger partial charge on any atom is -0.295 e. The Kier molecular flexibility index (Phi) is 4.30. The summed E-state index contributed by atoms with van der Waals surface area (Å²) >= 11 is 0. The van der Waals surface area contributed by atoms with E-state index in [1.807, 2.05) is 30.3 Å². The smallest absolute Gasteiger partial charge is 0.295 e. The predicted octanol–water partition coefficient (Wildman–Crippen LogP) is 3.45. The highest BCUT2D eigenvalue weighted by Gasteiger charge is 2.27. The van der Waals surface area contributed by atoms with E-state index < -0.39 is 10.9 Å². The van der Waals surface area contributed by atoms with Crippen molar-refractivity contribution in [3.63, 3.8) is 0 Å². The summed E-state index contributed by atoms with van der Waals surface area (Å²) in [5.74, 6) is -1.14. The van der Waals surface area contributed by atoms with Crippen LogP contribution in [0.1, 0.15) is 22.8 Å². The number of nitro groups is 1. The first-order valence-electron chi connectivity index (χ1n) is 6.31. The van der Waals surface area contributed by atoms with Gasteiger partial charge in [-0.3, -0.25) is 15.0 Å². The topological polar surface area (TPSA) is 89.7 Å². The van der Waals surface area contributed by atoms with Crippen LogP contribution in [0.3, 0.4) is 0 Å². The molecule has 2 aromatic carbocycles. The fourth-order valence-corrected chi connectivity index (χ4v) is 2.30. The van der Waals surface area contributed by atoms with Crippen LogP contribution < -0.4 is 0 Å². The van der Waals surface area contributed by atoms with Crippen LogP contribution in [0.25, 0.3) is 11.1 Å². The Hall–Kier alpha value is -2.73. The zero-order valence-electron chi connectivity index (χ0n) is 11.3. The first-order chi connectivity index (χ1) is 10.1. The zero-order valence-corrected chi connectivity index (χ0v) is 11.3. The molecule has 0 bridgehead atoms. The van der Waals surface area contributed by atoms with Gasteiger partial charge >= 0.3 is 5.97 Å². The molecule has 0 radical (unpaired) electrons. The van der Waals surface area contributed by atoms with E-state index in [1.165, 1.54) is 6.07 Å². The number of hydrogen-bond donors (Lipinski definition) is 1. The van der Waals surface area contributed by atoms with E-state index in [1.54, 1.807) is 13.0 Å². The molecule has 0 amide bonds. The van der Waals surface area contributed by atoms with Gasteiger partial charge in [-0.2, -0.15) is 5.26 Å². The molecule has 0 saturated carbocycles. The molecule has 0 aliphatic carbocycles. The fourth-order valence-electron chi connectivity index (χ4n) is 2.30. The molecule has 2 aromatic rings. The first kappa shape index (κ1) is 14.7. The Bertz CT molecular complexity index is 682. The van der Waals surface area contributed by atoms with Gasteiger partial charge < -0.3 is 0 Å². The summed E-state index contributed by atoms with van der Waals surface area (Å²) < 4.78 is 0. The number of carbonyl (C=O) groups is 1. The fraction of sp³-hybridized carbons (Fsp3) is 0.133. The summed E-state index contributed by atoms with van der Waals surface area (Å²) in [4.78, 5) is 25.8. The van der Waals surface area contributed by atoms with Crippen molar-refractivity contribution < 1.29 is 19.9 Å². The number of rotatable bonds is 4. The zero-order chi connectivity index (χ0) is 15.4. The molecule has 0 fully saturated rings. The monoisotopic (exact) mass is 287 g/mol. The first-order valence-corrected chi connectivity index (χ1v) is 6.31. The van der Waals surface area contributed by atoms with Gasteiger partial charge in [-0.1, -0.05) is 43.3 Å². The molecule has 0 aliphatic heterocycles. The maximum Gasteiger partial charge on any atom is 0.379 e. The Morgan fingerprint density at radius 2 is 1.90 bits per heavy atom. The summed E-state index contributed by atoms with van der Waals surface area (Å²) in [7, 11) is 0. The molecule has 6 heteroatoms. The number of carbonyl (C=O) groups excluding carboxylic acids is 1. The van der Waals surface area contributed by atoms with Gasteiger partial charge in [0, 0.05) is 5.56 Å². The normalized spacial score (nSPS) is 10.2. The second-order valence-electron chi connectivity index (χ2n) is 4.34. The van der Waals surface area contributed by atoms with Crippen molar-refractivity contribution >= 4 is 11.7 Å². The van der Waals surface area contributed by atoms with Gasteiger partial charge in [0.15, 0.2) is 0 Å². The van der Waals surface area contributed by atoms with Crippen molar-refractivity contribution in [2.24, 2.45) is 0 Å². The quantitative estimate of drug-likeness (QED) is 0.528. The Labute approximate surface area is 120 Å². The van der Waals surface area contributed by atoms with Crippen LogP contribution in [0.2, 0.25) is 0 Å². The third-order valence-corrected chi connectivity index (χ3v) is 3.21. The predicted molar refractivity (Wildman–Crippen MR) is 76.0 cm³/mol. The highest BCUT2D eigenvalue weighted by Crippen LogP contribution is 2.34. The Morgan fingerprint density at radius 1 is 1.24 bits per heavy atom. The van der Waals surface area contributed by atoms with Crippen molar-refractivity contribution in [3.05, 3.63) is 63.7 Å². The molecule has 0 saturated heterocycles.